The fraction of sp³-hybridized carbons (Fsp3) is 0.136. The standard InChI is InChI=1S/C22H17FN2O2S/c1-14-11-17-19(20(24-14)28-13-16-9-5-6-10-18(16)23)22(27)25(21(17)26)12-15-7-3-2-4-8-15/h2-11H,12-13H2,1H3. The van der Waals surface area contributed by atoms with Gasteiger partial charge in [0.1, 0.15) is 10.8 Å². The van der Waals surface area contributed by atoms with Crippen molar-refractivity contribution in [3.63, 3.8) is 0 Å². The van der Waals surface area contributed by atoms with E-state index in [1.807, 2.05) is 30.3 Å². The van der Waals surface area contributed by atoms with Gasteiger partial charge < -0.3 is 0 Å². The van der Waals surface area contributed by atoms with Crippen molar-refractivity contribution in [1.29, 1.82) is 0 Å². The van der Waals surface area contributed by atoms with E-state index in [2.05, 4.69) is 4.98 Å². The van der Waals surface area contributed by atoms with Crippen LogP contribution in [0.5, 0.6) is 0 Å². The predicted octanol–water partition coefficient (Wildman–Crippen LogP) is 4.62. The molecule has 0 radical (unpaired) electrons. The summed E-state index contributed by atoms with van der Waals surface area (Å²) >= 11 is 1.27. The molecule has 1 aromatic heterocycles. The molecule has 0 saturated carbocycles. The van der Waals surface area contributed by atoms with Crippen LogP contribution in [0.2, 0.25) is 0 Å². The van der Waals surface area contributed by atoms with Crippen molar-refractivity contribution in [2.45, 2.75) is 24.2 Å². The zero-order valence-corrected chi connectivity index (χ0v) is 16.0. The van der Waals surface area contributed by atoms with Crippen LogP contribution in [0.4, 0.5) is 4.39 Å². The molecule has 0 saturated heterocycles. The normalized spacial score (nSPS) is 13.1. The summed E-state index contributed by atoms with van der Waals surface area (Å²) in [7, 11) is 0. The summed E-state index contributed by atoms with van der Waals surface area (Å²) in [5, 5.41) is 0.465. The van der Waals surface area contributed by atoms with Crippen LogP contribution in [0, 0.1) is 12.7 Å². The minimum atomic E-state index is -0.354. The zero-order chi connectivity index (χ0) is 19.7. The number of fused-ring (bicyclic) bond motifs is 1. The number of halogens is 1. The molecule has 0 atom stereocenters. The zero-order valence-electron chi connectivity index (χ0n) is 15.2. The van der Waals surface area contributed by atoms with Crippen LogP contribution in [0.1, 0.15) is 37.5 Å². The van der Waals surface area contributed by atoms with Crippen LogP contribution in [0.25, 0.3) is 0 Å². The maximum absolute atomic E-state index is 13.9. The second kappa shape index (κ2) is 7.56. The lowest BCUT2D eigenvalue weighted by atomic mass is 10.1. The number of imide groups is 1. The van der Waals surface area contributed by atoms with E-state index in [-0.39, 0.29) is 24.2 Å². The molecule has 3 aromatic rings. The lowest BCUT2D eigenvalue weighted by Crippen LogP contribution is -2.29. The van der Waals surface area contributed by atoms with Gasteiger partial charge in [0.25, 0.3) is 11.8 Å². The Kier molecular flexibility index (Phi) is 4.96. The maximum Gasteiger partial charge on any atom is 0.264 e. The summed E-state index contributed by atoms with van der Waals surface area (Å²) in [6.45, 7) is 1.99. The molecule has 0 aliphatic carbocycles. The molecule has 0 N–H and O–H groups in total. The van der Waals surface area contributed by atoms with Gasteiger partial charge in [0, 0.05) is 11.4 Å². The number of aromatic nitrogens is 1. The number of pyridine rings is 1. The molecule has 0 bridgehead atoms. The van der Waals surface area contributed by atoms with Crippen LogP contribution >= 0.6 is 11.8 Å². The van der Waals surface area contributed by atoms with Crippen molar-refractivity contribution in [2.75, 3.05) is 0 Å². The summed E-state index contributed by atoms with van der Waals surface area (Å²) in [5.41, 5.74) is 2.74. The minimum Gasteiger partial charge on any atom is -0.270 e. The number of carbonyl (C=O) groups excluding carboxylic acids is 2. The Balaban J connectivity index is 1.64. The molecule has 2 heterocycles. The number of hydrogen-bond acceptors (Lipinski definition) is 4. The van der Waals surface area contributed by atoms with E-state index in [0.29, 0.717) is 33.2 Å². The number of nitrogens with zero attached hydrogens (tertiary/aromatic N) is 2. The van der Waals surface area contributed by atoms with Crippen molar-refractivity contribution in [3.8, 4) is 0 Å². The summed E-state index contributed by atoms with van der Waals surface area (Å²) in [5.74, 6) is -0.641. The molecule has 28 heavy (non-hydrogen) atoms. The number of thioether (sulfide) groups is 1. The second-order valence-corrected chi connectivity index (χ2v) is 7.52. The molecule has 0 spiro atoms. The molecule has 2 aromatic carbocycles. The molecular weight excluding hydrogens is 375 g/mol. The van der Waals surface area contributed by atoms with Gasteiger partial charge in [-0.15, -0.1) is 11.8 Å². The van der Waals surface area contributed by atoms with Crippen molar-refractivity contribution in [3.05, 3.63) is 94.4 Å². The number of rotatable bonds is 5. The van der Waals surface area contributed by atoms with E-state index < -0.39 is 0 Å². The number of benzene rings is 2. The molecule has 1 aliphatic rings. The molecular formula is C22H17FN2O2S. The van der Waals surface area contributed by atoms with Crippen LogP contribution in [0.15, 0.2) is 65.7 Å². The number of carbonyl (C=O) groups is 2. The van der Waals surface area contributed by atoms with Crippen LogP contribution in [-0.2, 0) is 12.3 Å². The van der Waals surface area contributed by atoms with Crippen molar-refractivity contribution in [2.24, 2.45) is 0 Å². The van der Waals surface area contributed by atoms with Gasteiger partial charge in [-0.2, -0.15) is 0 Å². The summed E-state index contributed by atoms with van der Waals surface area (Å²) < 4.78 is 13.9. The largest absolute Gasteiger partial charge is 0.270 e. The van der Waals surface area contributed by atoms with Gasteiger partial charge in [-0.3, -0.25) is 14.5 Å². The topological polar surface area (TPSA) is 50.3 Å². The van der Waals surface area contributed by atoms with E-state index >= 15 is 0 Å². The van der Waals surface area contributed by atoms with Crippen molar-refractivity contribution in [1.82, 2.24) is 9.88 Å². The van der Waals surface area contributed by atoms with Crippen molar-refractivity contribution >= 4 is 23.6 Å². The van der Waals surface area contributed by atoms with E-state index in [9.17, 15) is 14.0 Å². The third-order valence-electron chi connectivity index (χ3n) is 4.55. The molecule has 4 nitrogen and oxygen atoms in total. The number of amides is 2. The Morgan fingerprint density at radius 2 is 1.71 bits per heavy atom. The van der Waals surface area contributed by atoms with E-state index in [0.717, 1.165) is 5.56 Å². The quantitative estimate of drug-likeness (QED) is 0.470. The van der Waals surface area contributed by atoms with Gasteiger partial charge in [0.15, 0.2) is 0 Å². The van der Waals surface area contributed by atoms with Gasteiger partial charge in [-0.25, -0.2) is 9.37 Å². The number of hydrogen-bond donors (Lipinski definition) is 0. The first-order chi connectivity index (χ1) is 13.5. The first kappa shape index (κ1) is 18.4. The van der Waals surface area contributed by atoms with Gasteiger partial charge in [-0.1, -0.05) is 48.5 Å². The van der Waals surface area contributed by atoms with E-state index in [1.54, 1.807) is 31.2 Å². The smallest absolute Gasteiger partial charge is 0.264 e. The third-order valence-corrected chi connectivity index (χ3v) is 5.58. The van der Waals surface area contributed by atoms with Crippen LogP contribution in [-0.4, -0.2) is 21.7 Å². The average Bonchev–Trinajstić information content (AvgIpc) is 2.93. The highest BCUT2D eigenvalue weighted by Crippen LogP contribution is 2.34. The molecule has 1 aliphatic heterocycles. The fourth-order valence-electron chi connectivity index (χ4n) is 3.17. The highest BCUT2D eigenvalue weighted by atomic mass is 32.2. The summed E-state index contributed by atoms with van der Waals surface area (Å²) in [4.78, 5) is 31.6. The molecule has 4 rings (SSSR count). The molecule has 140 valence electrons. The van der Waals surface area contributed by atoms with Gasteiger partial charge in [0.2, 0.25) is 0 Å². The maximum atomic E-state index is 13.9. The third kappa shape index (κ3) is 3.43. The Morgan fingerprint density at radius 3 is 2.46 bits per heavy atom. The van der Waals surface area contributed by atoms with Gasteiger partial charge in [-0.05, 0) is 30.2 Å². The molecule has 0 fully saturated rings. The second-order valence-electron chi connectivity index (χ2n) is 6.55. The molecule has 2 amide bonds. The minimum absolute atomic E-state index is 0.212. The Morgan fingerprint density at radius 1 is 1.00 bits per heavy atom. The highest BCUT2D eigenvalue weighted by molar-refractivity contribution is 7.98. The molecule has 0 unspecified atom stereocenters. The predicted molar refractivity (Wildman–Crippen MR) is 106 cm³/mol. The summed E-state index contributed by atoms with van der Waals surface area (Å²) in [6.07, 6.45) is 0. The number of aryl methyl sites for hydroxylation is 1. The SMILES string of the molecule is Cc1cc2c(c(SCc3ccccc3F)n1)C(=O)N(Cc1ccccc1)C2=O. The van der Waals surface area contributed by atoms with Gasteiger partial charge >= 0.3 is 0 Å². The average molecular weight is 392 g/mol. The Labute approximate surface area is 166 Å². The monoisotopic (exact) mass is 392 g/mol. The van der Waals surface area contributed by atoms with Crippen molar-refractivity contribution < 1.29 is 14.0 Å². The first-order valence-electron chi connectivity index (χ1n) is 8.82. The summed E-state index contributed by atoms with van der Waals surface area (Å²) in [6, 6.07) is 17.5. The molecule has 6 heteroatoms. The van der Waals surface area contributed by atoms with Crippen LogP contribution in [0.3, 0.4) is 0 Å². The Hall–Kier alpha value is -2.99. The highest BCUT2D eigenvalue weighted by Gasteiger charge is 2.38. The first-order valence-corrected chi connectivity index (χ1v) is 9.81. The Bertz CT molecular complexity index is 1070. The van der Waals surface area contributed by atoms with E-state index in [1.165, 1.54) is 22.7 Å². The lowest BCUT2D eigenvalue weighted by molar-refractivity contribution is 0.0641. The van der Waals surface area contributed by atoms with Gasteiger partial charge in [0.05, 0.1) is 17.7 Å². The van der Waals surface area contributed by atoms with E-state index in [4.69, 9.17) is 0 Å². The van der Waals surface area contributed by atoms with Crippen LogP contribution < -0.4 is 0 Å². The lowest BCUT2D eigenvalue weighted by Gasteiger charge is -2.13. The fourth-order valence-corrected chi connectivity index (χ4v) is 4.24.